The highest BCUT2D eigenvalue weighted by atomic mass is 19.2. The smallest absolute Gasteiger partial charge is 0.251 e. The molecular formula is C20H21F2NO3. The first-order chi connectivity index (χ1) is 12.5. The van der Waals surface area contributed by atoms with Crippen LogP contribution in [0.3, 0.4) is 0 Å². The summed E-state index contributed by atoms with van der Waals surface area (Å²) in [5.74, 6) is -2.74. The summed E-state index contributed by atoms with van der Waals surface area (Å²) in [6.07, 6.45) is 1.35. The van der Waals surface area contributed by atoms with Gasteiger partial charge in [0.15, 0.2) is 11.6 Å². The van der Waals surface area contributed by atoms with E-state index in [1.165, 1.54) is 6.07 Å². The molecule has 4 nitrogen and oxygen atoms in total. The number of amides is 1. The van der Waals surface area contributed by atoms with Crippen LogP contribution in [0.4, 0.5) is 8.78 Å². The zero-order valence-corrected chi connectivity index (χ0v) is 14.3. The molecule has 0 bridgehead atoms. The van der Waals surface area contributed by atoms with Gasteiger partial charge in [-0.3, -0.25) is 4.79 Å². The van der Waals surface area contributed by atoms with Gasteiger partial charge >= 0.3 is 0 Å². The van der Waals surface area contributed by atoms with Crippen LogP contribution in [-0.2, 0) is 10.3 Å². The van der Waals surface area contributed by atoms with E-state index in [4.69, 9.17) is 4.74 Å². The summed E-state index contributed by atoms with van der Waals surface area (Å²) in [5.41, 5.74) is -0.553. The van der Waals surface area contributed by atoms with Crippen molar-refractivity contribution in [1.82, 2.24) is 5.32 Å². The molecule has 0 unspecified atom stereocenters. The Morgan fingerprint density at radius 2 is 1.81 bits per heavy atom. The SMILES string of the molecule is O=C(NC[C@](O)(c1ccccc1)C1CCOCC1)c1ccc(F)c(F)c1. The normalized spacial score (nSPS) is 17.5. The highest BCUT2D eigenvalue weighted by Crippen LogP contribution is 2.35. The minimum atomic E-state index is -1.26. The molecule has 0 aliphatic carbocycles. The van der Waals surface area contributed by atoms with E-state index in [1.54, 1.807) is 0 Å². The van der Waals surface area contributed by atoms with Crippen LogP contribution in [0.25, 0.3) is 0 Å². The number of benzene rings is 2. The molecule has 0 radical (unpaired) electrons. The molecule has 1 saturated heterocycles. The van der Waals surface area contributed by atoms with Crippen LogP contribution in [0.15, 0.2) is 48.5 Å². The van der Waals surface area contributed by atoms with Crippen molar-refractivity contribution in [2.75, 3.05) is 19.8 Å². The van der Waals surface area contributed by atoms with Crippen LogP contribution >= 0.6 is 0 Å². The predicted molar refractivity (Wildman–Crippen MR) is 92.6 cm³/mol. The second-order valence-corrected chi connectivity index (χ2v) is 6.49. The van der Waals surface area contributed by atoms with Gasteiger partial charge in [0.25, 0.3) is 5.91 Å². The van der Waals surface area contributed by atoms with Gasteiger partial charge in [0.05, 0.1) is 6.54 Å². The number of nitrogens with one attached hydrogen (secondary N) is 1. The number of hydrogen-bond acceptors (Lipinski definition) is 3. The third-order valence-electron chi connectivity index (χ3n) is 4.87. The fourth-order valence-corrected chi connectivity index (χ4v) is 3.34. The molecule has 1 fully saturated rings. The zero-order chi connectivity index (χ0) is 18.6. The molecule has 1 aliphatic heterocycles. The number of ether oxygens (including phenoxy) is 1. The van der Waals surface area contributed by atoms with E-state index in [1.807, 2.05) is 30.3 Å². The maximum atomic E-state index is 13.4. The Bertz CT molecular complexity index is 763. The van der Waals surface area contributed by atoms with Crippen LogP contribution in [0.5, 0.6) is 0 Å². The first-order valence-electron chi connectivity index (χ1n) is 8.59. The van der Waals surface area contributed by atoms with Crippen molar-refractivity contribution in [1.29, 1.82) is 0 Å². The van der Waals surface area contributed by atoms with Gasteiger partial charge in [-0.25, -0.2) is 8.78 Å². The lowest BCUT2D eigenvalue weighted by atomic mass is 9.77. The molecule has 3 rings (SSSR count). The Labute approximate surface area is 150 Å². The van der Waals surface area contributed by atoms with E-state index in [2.05, 4.69) is 5.32 Å². The van der Waals surface area contributed by atoms with Gasteiger partial charge in [0.2, 0.25) is 0 Å². The Balaban J connectivity index is 1.79. The van der Waals surface area contributed by atoms with E-state index in [0.29, 0.717) is 31.6 Å². The summed E-state index contributed by atoms with van der Waals surface area (Å²) < 4.78 is 31.8. The number of aliphatic hydroxyl groups is 1. The second kappa shape index (κ2) is 7.93. The van der Waals surface area contributed by atoms with E-state index < -0.39 is 23.1 Å². The van der Waals surface area contributed by atoms with Crippen molar-refractivity contribution in [3.05, 3.63) is 71.3 Å². The van der Waals surface area contributed by atoms with E-state index in [9.17, 15) is 18.7 Å². The largest absolute Gasteiger partial charge is 0.383 e. The monoisotopic (exact) mass is 361 g/mol. The van der Waals surface area contributed by atoms with Gasteiger partial charge in [-0.05, 0) is 42.5 Å². The Kier molecular flexibility index (Phi) is 5.64. The molecule has 26 heavy (non-hydrogen) atoms. The van der Waals surface area contributed by atoms with Gasteiger partial charge in [-0.2, -0.15) is 0 Å². The standard InChI is InChI=1S/C20H21F2NO3/c21-17-7-6-14(12-18(17)22)19(24)23-13-20(25,15-4-2-1-3-5-15)16-8-10-26-11-9-16/h1-7,12,16,25H,8-11,13H2,(H,23,24)/t20-/m0/s1. The van der Waals surface area contributed by atoms with Crippen LogP contribution < -0.4 is 5.32 Å². The summed E-state index contributed by atoms with van der Waals surface area (Å²) >= 11 is 0. The maximum Gasteiger partial charge on any atom is 0.251 e. The van der Waals surface area contributed by atoms with Crippen molar-refractivity contribution in [2.45, 2.75) is 18.4 Å². The summed E-state index contributed by atoms with van der Waals surface area (Å²) in [5, 5.41) is 14.1. The highest BCUT2D eigenvalue weighted by molar-refractivity contribution is 5.94. The van der Waals surface area contributed by atoms with Crippen LogP contribution in [-0.4, -0.2) is 30.8 Å². The Hall–Kier alpha value is -2.31. The van der Waals surface area contributed by atoms with E-state index >= 15 is 0 Å². The lowest BCUT2D eigenvalue weighted by Crippen LogP contribution is -2.47. The third kappa shape index (κ3) is 3.92. The summed E-state index contributed by atoms with van der Waals surface area (Å²) in [4.78, 5) is 12.3. The van der Waals surface area contributed by atoms with E-state index in [0.717, 1.165) is 12.1 Å². The Morgan fingerprint density at radius 1 is 1.12 bits per heavy atom. The molecule has 6 heteroatoms. The summed E-state index contributed by atoms with van der Waals surface area (Å²) in [6.45, 7) is 1.08. The molecule has 1 amide bonds. The first kappa shape index (κ1) is 18.5. The topological polar surface area (TPSA) is 58.6 Å². The fourth-order valence-electron chi connectivity index (χ4n) is 3.34. The molecule has 0 aromatic heterocycles. The molecule has 2 aromatic rings. The van der Waals surface area contributed by atoms with Crippen molar-refractivity contribution in [2.24, 2.45) is 5.92 Å². The van der Waals surface area contributed by atoms with E-state index in [-0.39, 0.29) is 18.0 Å². The van der Waals surface area contributed by atoms with Crippen molar-refractivity contribution < 1.29 is 23.4 Å². The maximum absolute atomic E-state index is 13.4. The average Bonchev–Trinajstić information content (AvgIpc) is 2.69. The van der Waals surface area contributed by atoms with Gasteiger partial charge in [-0.1, -0.05) is 30.3 Å². The molecule has 1 heterocycles. The summed E-state index contributed by atoms with van der Waals surface area (Å²) in [7, 11) is 0. The number of halogens is 2. The molecule has 0 saturated carbocycles. The minimum Gasteiger partial charge on any atom is -0.383 e. The Morgan fingerprint density at radius 3 is 2.46 bits per heavy atom. The zero-order valence-electron chi connectivity index (χ0n) is 14.3. The van der Waals surface area contributed by atoms with Crippen molar-refractivity contribution >= 4 is 5.91 Å². The second-order valence-electron chi connectivity index (χ2n) is 6.49. The minimum absolute atomic E-state index is 0.00582. The van der Waals surface area contributed by atoms with Gasteiger partial charge in [0.1, 0.15) is 5.60 Å². The molecule has 0 spiro atoms. The van der Waals surface area contributed by atoms with Crippen LogP contribution in [0.1, 0.15) is 28.8 Å². The molecular weight excluding hydrogens is 340 g/mol. The van der Waals surface area contributed by atoms with Gasteiger partial charge in [-0.15, -0.1) is 0 Å². The lowest BCUT2D eigenvalue weighted by molar-refractivity contribution is -0.0680. The van der Waals surface area contributed by atoms with Crippen LogP contribution in [0, 0.1) is 17.6 Å². The fraction of sp³-hybridized carbons (Fsp3) is 0.350. The highest BCUT2D eigenvalue weighted by Gasteiger charge is 2.39. The quantitative estimate of drug-likeness (QED) is 0.861. The van der Waals surface area contributed by atoms with Crippen molar-refractivity contribution in [3.8, 4) is 0 Å². The number of rotatable bonds is 5. The van der Waals surface area contributed by atoms with Gasteiger partial charge in [0, 0.05) is 18.8 Å². The molecule has 2 aromatic carbocycles. The summed E-state index contributed by atoms with van der Waals surface area (Å²) in [6, 6.07) is 12.1. The number of carbonyl (C=O) groups is 1. The van der Waals surface area contributed by atoms with Crippen molar-refractivity contribution in [3.63, 3.8) is 0 Å². The molecule has 138 valence electrons. The first-order valence-corrected chi connectivity index (χ1v) is 8.59. The number of carbonyl (C=O) groups excluding carboxylic acids is 1. The molecule has 1 aliphatic rings. The molecule has 2 N–H and O–H groups in total. The lowest BCUT2D eigenvalue weighted by Gasteiger charge is -2.39. The number of hydrogen-bond donors (Lipinski definition) is 2. The average molecular weight is 361 g/mol. The van der Waals surface area contributed by atoms with Gasteiger partial charge < -0.3 is 15.2 Å². The van der Waals surface area contributed by atoms with Crippen LogP contribution in [0.2, 0.25) is 0 Å². The molecule has 1 atom stereocenters. The predicted octanol–water partition coefficient (Wildman–Crippen LogP) is 3.01. The third-order valence-corrected chi connectivity index (χ3v) is 4.87.